The SMILES string of the molecule is Cc1ccc(-c2nc(CC(=O)NCc3ccccc3CN(C)C(C)C)cs2)o1. The van der Waals surface area contributed by atoms with E-state index >= 15 is 0 Å². The summed E-state index contributed by atoms with van der Waals surface area (Å²) in [5.74, 6) is 1.57. The highest BCUT2D eigenvalue weighted by molar-refractivity contribution is 7.13. The van der Waals surface area contributed by atoms with E-state index in [0.717, 1.165) is 34.3 Å². The van der Waals surface area contributed by atoms with Gasteiger partial charge in [0.05, 0.1) is 12.1 Å². The van der Waals surface area contributed by atoms with E-state index in [1.54, 1.807) is 0 Å². The van der Waals surface area contributed by atoms with E-state index in [-0.39, 0.29) is 12.3 Å². The number of rotatable bonds is 8. The van der Waals surface area contributed by atoms with Crippen LogP contribution >= 0.6 is 11.3 Å². The number of furan rings is 1. The summed E-state index contributed by atoms with van der Waals surface area (Å²) < 4.78 is 5.60. The quantitative estimate of drug-likeness (QED) is 0.612. The molecule has 1 aromatic carbocycles. The van der Waals surface area contributed by atoms with E-state index in [1.807, 2.05) is 36.6 Å². The number of aryl methyl sites for hydroxylation is 1. The van der Waals surface area contributed by atoms with Crippen LogP contribution in [-0.2, 0) is 24.3 Å². The Bertz CT molecular complexity index is 929. The number of aromatic nitrogens is 1. The summed E-state index contributed by atoms with van der Waals surface area (Å²) in [6, 6.07) is 12.5. The smallest absolute Gasteiger partial charge is 0.226 e. The molecule has 1 N–H and O–H groups in total. The van der Waals surface area contributed by atoms with E-state index in [9.17, 15) is 4.79 Å². The molecule has 0 saturated carbocycles. The summed E-state index contributed by atoms with van der Waals surface area (Å²) in [6.45, 7) is 7.65. The number of nitrogens with one attached hydrogen (secondary N) is 1. The van der Waals surface area contributed by atoms with Gasteiger partial charge in [0, 0.05) is 24.5 Å². The van der Waals surface area contributed by atoms with Crippen LogP contribution in [0.5, 0.6) is 0 Å². The fourth-order valence-corrected chi connectivity index (χ4v) is 3.59. The molecule has 5 nitrogen and oxygen atoms in total. The zero-order valence-electron chi connectivity index (χ0n) is 16.9. The van der Waals surface area contributed by atoms with Gasteiger partial charge in [-0.25, -0.2) is 4.98 Å². The average Bonchev–Trinajstić information content (AvgIpc) is 3.29. The Labute approximate surface area is 170 Å². The molecule has 0 bridgehead atoms. The lowest BCUT2D eigenvalue weighted by atomic mass is 10.1. The number of hydrogen-bond donors (Lipinski definition) is 1. The van der Waals surface area contributed by atoms with Crippen molar-refractivity contribution in [2.45, 2.75) is 46.3 Å². The van der Waals surface area contributed by atoms with Gasteiger partial charge in [-0.15, -0.1) is 11.3 Å². The molecule has 3 rings (SSSR count). The highest BCUT2D eigenvalue weighted by Gasteiger charge is 2.12. The number of nitrogens with zero attached hydrogens (tertiary/aromatic N) is 2. The van der Waals surface area contributed by atoms with E-state index in [1.165, 1.54) is 16.9 Å². The topological polar surface area (TPSA) is 58.4 Å². The second kappa shape index (κ2) is 9.17. The Kier molecular flexibility index (Phi) is 6.65. The Morgan fingerprint density at radius 1 is 1.21 bits per heavy atom. The molecule has 0 radical (unpaired) electrons. The minimum atomic E-state index is -0.0282. The molecule has 0 saturated heterocycles. The van der Waals surface area contributed by atoms with Crippen LogP contribution in [0.3, 0.4) is 0 Å². The van der Waals surface area contributed by atoms with Gasteiger partial charge in [-0.1, -0.05) is 24.3 Å². The fourth-order valence-electron chi connectivity index (χ4n) is 2.81. The minimum absolute atomic E-state index is 0.0282. The lowest BCUT2D eigenvalue weighted by Gasteiger charge is -2.22. The molecule has 0 atom stereocenters. The standard InChI is InChI=1S/C22H27N3O2S/c1-15(2)25(4)13-18-8-6-5-7-17(18)12-23-21(26)11-19-14-28-22(24-19)20-10-9-16(3)27-20/h5-10,14-15H,11-13H2,1-4H3,(H,23,26). The second-order valence-corrected chi connectivity index (χ2v) is 8.14. The normalized spacial score (nSPS) is 11.4. The van der Waals surface area contributed by atoms with E-state index in [2.05, 4.69) is 48.2 Å². The van der Waals surface area contributed by atoms with Crippen molar-refractivity contribution >= 4 is 17.2 Å². The third kappa shape index (κ3) is 5.30. The van der Waals surface area contributed by atoms with Crippen molar-refractivity contribution in [3.8, 4) is 10.8 Å². The van der Waals surface area contributed by atoms with Gasteiger partial charge in [-0.05, 0) is 51.1 Å². The van der Waals surface area contributed by atoms with E-state index in [4.69, 9.17) is 4.42 Å². The Morgan fingerprint density at radius 3 is 2.64 bits per heavy atom. The molecule has 1 amide bonds. The van der Waals surface area contributed by atoms with Crippen molar-refractivity contribution in [2.75, 3.05) is 7.05 Å². The first-order chi connectivity index (χ1) is 13.4. The van der Waals surface area contributed by atoms with Crippen LogP contribution in [0.1, 0.15) is 36.4 Å². The first-order valence-corrected chi connectivity index (χ1v) is 10.3. The summed E-state index contributed by atoms with van der Waals surface area (Å²) in [6.07, 6.45) is 0.268. The molecule has 0 aliphatic heterocycles. The first-order valence-electron chi connectivity index (χ1n) is 9.47. The van der Waals surface area contributed by atoms with Crippen LogP contribution in [0.15, 0.2) is 46.2 Å². The van der Waals surface area contributed by atoms with Crippen molar-refractivity contribution in [3.05, 3.63) is 64.4 Å². The summed E-state index contributed by atoms with van der Waals surface area (Å²) in [7, 11) is 2.11. The number of thiazole rings is 1. The second-order valence-electron chi connectivity index (χ2n) is 7.29. The molecule has 0 spiro atoms. The summed E-state index contributed by atoms with van der Waals surface area (Å²) in [5.41, 5.74) is 3.15. The zero-order valence-corrected chi connectivity index (χ0v) is 17.7. The zero-order chi connectivity index (χ0) is 20.1. The Hall–Kier alpha value is -2.44. The van der Waals surface area contributed by atoms with E-state index in [0.29, 0.717) is 12.6 Å². The highest BCUT2D eigenvalue weighted by atomic mass is 32.1. The molecule has 6 heteroatoms. The van der Waals surface area contributed by atoms with Crippen LogP contribution in [-0.4, -0.2) is 28.9 Å². The lowest BCUT2D eigenvalue weighted by molar-refractivity contribution is -0.120. The number of carbonyl (C=O) groups is 1. The molecule has 0 aliphatic carbocycles. The maximum absolute atomic E-state index is 12.4. The van der Waals surface area contributed by atoms with Crippen LogP contribution in [0.4, 0.5) is 0 Å². The predicted molar refractivity (Wildman–Crippen MR) is 113 cm³/mol. The van der Waals surface area contributed by atoms with Gasteiger partial charge in [-0.2, -0.15) is 0 Å². The van der Waals surface area contributed by atoms with Crippen molar-refractivity contribution in [1.29, 1.82) is 0 Å². The number of amides is 1. The van der Waals surface area contributed by atoms with Crippen LogP contribution in [0.2, 0.25) is 0 Å². The van der Waals surface area contributed by atoms with Gasteiger partial charge in [0.2, 0.25) is 5.91 Å². The van der Waals surface area contributed by atoms with Crippen LogP contribution in [0.25, 0.3) is 10.8 Å². The van der Waals surface area contributed by atoms with Gasteiger partial charge < -0.3 is 9.73 Å². The van der Waals surface area contributed by atoms with Gasteiger partial charge in [-0.3, -0.25) is 9.69 Å². The summed E-state index contributed by atoms with van der Waals surface area (Å²) in [5, 5.41) is 5.75. The van der Waals surface area contributed by atoms with Crippen molar-refractivity contribution in [2.24, 2.45) is 0 Å². The molecule has 0 unspecified atom stereocenters. The molecule has 2 aromatic heterocycles. The minimum Gasteiger partial charge on any atom is -0.459 e. The largest absolute Gasteiger partial charge is 0.459 e. The van der Waals surface area contributed by atoms with Gasteiger partial charge in [0.1, 0.15) is 5.76 Å². The monoisotopic (exact) mass is 397 g/mol. The molecule has 2 heterocycles. The maximum Gasteiger partial charge on any atom is 0.226 e. The number of carbonyl (C=O) groups excluding carboxylic acids is 1. The van der Waals surface area contributed by atoms with Gasteiger partial charge >= 0.3 is 0 Å². The Balaban J connectivity index is 1.57. The van der Waals surface area contributed by atoms with Gasteiger partial charge in [0.25, 0.3) is 0 Å². The Morgan fingerprint density at radius 2 is 1.96 bits per heavy atom. The van der Waals surface area contributed by atoms with Crippen molar-refractivity contribution in [3.63, 3.8) is 0 Å². The van der Waals surface area contributed by atoms with Crippen LogP contribution < -0.4 is 5.32 Å². The molecule has 28 heavy (non-hydrogen) atoms. The molecule has 148 valence electrons. The highest BCUT2D eigenvalue weighted by Crippen LogP contribution is 2.25. The molecule has 0 fully saturated rings. The molecule has 0 aliphatic rings. The van der Waals surface area contributed by atoms with E-state index < -0.39 is 0 Å². The average molecular weight is 398 g/mol. The third-order valence-corrected chi connectivity index (χ3v) is 5.65. The maximum atomic E-state index is 12.4. The third-order valence-electron chi connectivity index (χ3n) is 4.74. The fraction of sp³-hybridized carbons (Fsp3) is 0.364. The molecular weight excluding hydrogens is 370 g/mol. The number of benzene rings is 1. The van der Waals surface area contributed by atoms with Crippen molar-refractivity contribution in [1.82, 2.24) is 15.2 Å². The predicted octanol–water partition coefficient (Wildman–Crippen LogP) is 4.41. The summed E-state index contributed by atoms with van der Waals surface area (Å²) >= 11 is 1.49. The number of hydrogen-bond acceptors (Lipinski definition) is 5. The lowest BCUT2D eigenvalue weighted by Crippen LogP contribution is -2.28. The molecular formula is C22H27N3O2S. The first kappa shape index (κ1) is 20.3. The van der Waals surface area contributed by atoms with Crippen LogP contribution in [0, 0.1) is 6.92 Å². The summed E-state index contributed by atoms with van der Waals surface area (Å²) in [4.78, 5) is 19.2. The van der Waals surface area contributed by atoms with Gasteiger partial charge in [0.15, 0.2) is 10.8 Å². The molecule has 3 aromatic rings. The van der Waals surface area contributed by atoms with Crippen molar-refractivity contribution < 1.29 is 9.21 Å².